The van der Waals surface area contributed by atoms with E-state index in [2.05, 4.69) is 5.32 Å². The minimum Gasteiger partial charge on any atom is -0.507 e. The molecule has 2 aromatic carbocycles. The molecule has 0 unspecified atom stereocenters. The van der Waals surface area contributed by atoms with E-state index in [1.807, 2.05) is 12.1 Å². The second-order valence-electron chi connectivity index (χ2n) is 4.86. The number of nitrogens with one attached hydrogen (secondary N) is 1. The highest BCUT2D eigenvalue weighted by Crippen LogP contribution is 2.22. The van der Waals surface area contributed by atoms with Gasteiger partial charge < -0.3 is 19.9 Å². The molecular formula is C17H16ClNO5. The van der Waals surface area contributed by atoms with Gasteiger partial charge >= 0.3 is 5.97 Å². The van der Waals surface area contributed by atoms with E-state index in [9.17, 15) is 14.7 Å². The van der Waals surface area contributed by atoms with Crippen LogP contribution in [0.15, 0.2) is 42.5 Å². The molecule has 0 spiro atoms. The number of hydrogen-bond acceptors (Lipinski definition) is 5. The maximum atomic E-state index is 11.8. The van der Waals surface area contributed by atoms with Gasteiger partial charge in [0, 0.05) is 11.6 Å². The molecule has 0 aliphatic rings. The highest BCUT2D eigenvalue weighted by Gasteiger charge is 2.14. The van der Waals surface area contributed by atoms with Crippen LogP contribution in [-0.4, -0.2) is 30.7 Å². The average Bonchev–Trinajstić information content (AvgIpc) is 2.60. The van der Waals surface area contributed by atoms with Gasteiger partial charge in [0.2, 0.25) is 0 Å². The van der Waals surface area contributed by atoms with Crippen molar-refractivity contribution in [1.29, 1.82) is 0 Å². The summed E-state index contributed by atoms with van der Waals surface area (Å²) in [5, 5.41) is 12.5. The molecule has 2 N–H and O–H groups in total. The Balaban J connectivity index is 1.82. The van der Waals surface area contributed by atoms with Crippen molar-refractivity contribution in [3.8, 4) is 11.5 Å². The van der Waals surface area contributed by atoms with Crippen molar-refractivity contribution in [2.45, 2.75) is 6.54 Å². The number of phenolic OH excluding ortho intramolecular Hbond substituents is 1. The fourth-order valence-corrected chi connectivity index (χ4v) is 2.05. The van der Waals surface area contributed by atoms with Gasteiger partial charge in [-0.15, -0.1) is 0 Å². The Bertz CT molecular complexity index is 730. The van der Waals surface area contributed by atoms with Gasteiger partial charge in [0.1, 0.15) is 17.1 Å². The summed E-state index contributed by atoms with van der Waals surface area (Å²) >= 11 is 5.76. The number of methoxy groups -OCH3 is 1. The number of ether oxygens (including phenoxy) is 2. The molecule has 0 aliphatic heterocycles. The predicted molar refractivity (Wildman–Crippen MR) is 88.2 cm³/mol. The largest absolute Gasteiger partial charge is 0.507 e. The number of aromatic hydroxyl groups is 1. The molecule has 0 fully saturated rings. The molecule has 2 aromatic rings. The van der Waals surface area contributed by atoms with E-state index >= 15 is 0 Å². The molecule has 2 rings (SSSR count). The molecule has 1 amide bonds. The number of carbonyl (C=O) groups is 2. The van der Waals surface area contributed by atoms with Crippen LogP contribution in [-0.2, 0) is 16.1 Å². The van der Waals surface area contributed by atoms with Gasteiger partial charge in [0.25, 0.3) is 5.91 Å². The highest BCUT2D eigenvalue weighted by atomic mass is 35.5. The second kappa shape index (κ2) is 8.21. The third-order valence-electron chi connectivity index (χ3n) is 3.16. The van der Waals surface area contributed by atoms with E-state index in [1.54, 1.807) is 19.2 Å². The minimum absolute atomic E-state index is 0.0922. The number of carbonyl (C=O) groups excluding carboxylic acids is 2. The van der Waals surface area contributed by atoms with Crippen LogP contribution < -0.4 is 10.1 Å². The van der Waals surface area contributed by atoms with Crippen molar-refractivity contribution in [3.63, 3.8) is 0 Å². The highest BCUT2D eigenvalue weighted by molar-refractivity contribution is 6.31. The Hall–Kier alpha value is -2.73. The zero-order valence-electron chi connectivity index (χ0n) is 12.9. The molecule has 0 saturated carbocycles. The number of esters is 1. The lowest BCUT2D eigenvalue weighted by Gasteiger charge is -2.08. The molecule has 0 bridgehead atoms. The monoisotopic (exact) mass is 349 g/mol. The van der Waals surface area contributed by atoms with Crippen LogP contribution in [0.4, 0.5) is 0 Å². The van der Waals surface area contributed by atoms with Crippen LogP contribution in [0.2, 0.25) is 5.02 Å². The summed E-state index contributed by atoms with van der Waals surface area (Å²) in [4.78, 5) is 23.6. The Labute approximate surface area is 144 Å². The van der Waals surface area contributed by atoms with Crippen molar-refractivity contribution in [2.75, 3.05) is 13.7 Å². The summed E-state index contributed by atoms with van der Waals surface area (Å²) < 4.78 is 9.91. The van der Waals surface area contributed by atoms with Crippen molar-refractivity contribution >= 4 is 23.5 Å². The Morgan fingerprint density at radius 1 is 1.17 bits per heavy atom. The van der Waals surface area contributed by atoms with Crippen LogP contribution in [0.5, 0.6) is 11.5 Å². The summed E-state index contributed by atoms with van der Waals surface area (Å²) in [6.07, 6.45) is 0. The molecule has 0 radical (unpaired) electrons. The third-order valence-corrected chi connectivity index (χ3v) is 3.40. The Morgan fingerprint density at radius 3 is 2.54 bits per heavy atom. The molecule has 0 aromatic heterocycles. The van der Waals surface area contributed by atoms with Crippen LogP contribution in [0.25, 0.3) is 0 Å². The van der Waals surface area contributed by atoms with E-state index in [1.165, 1.54) is 18.2 Å². The number of halogens is 1. The average molecular weight is 350 g/mol. The number of phenols is 1. The van der Waals surface area contributed by atoms with E-state index in [0.717, 1.165) is 11.3 Å². The number of hydrogen-bond donors (Lipinski definition) is 2. The van der Waals surface area contributed by atoms with Crippen LogP contribution in [0.3, 0.4) is 0 Å². The lowest BCUT2D eigenvalue weighted by Crippen LogP contribution is -2.28. The SMILES string of the molecule is COc1ccc(CNC(=O)COC(=O)c2cc(Cl)ccc2O)cc1. The molecule has 0 heterocycles. The first-order valence-electron chi connectivity index (χ1n) is 7.05. The maximum Gasteiger partial charge on any atom is 0.342 e. The Kier molecular flexibility index (Phi) is 6.03. The zero-order chi connectivity index (χ0) is 17.5. The van der Waals surface area contributed by atoms with Gasteiger partial charge in [-0.3, -0.25) is 4.79 Å². The summed E-state index contributed by atoms with van der Waals surface area (Å²) in [5.41, 5.74) is 0.786. The van der Waals surface area contributed by atoms with Crippen molar-refractivity contribution in [3.05, 3.63) is 58.6 Å². The maximum absolute atomic E-state index is 11.8. The first-order chi connectivity index (χ1) is 11.5. The van der Waals surface area contributed by atoms with E-state index in [-0.39, 0.29) is 16.3 Å². The molecule has 24 heavy (non-hydrogen) atoms. The normalized spacial score (nSPS) is 10.1. The van der Waals surface area contributed by atoms with Gasteiger partial charge in [0.05, 0.1) is 7.11 Å². The van der Waals surface area contributed by atoms with Gasteiger partial charge in [-0.25, -0.2) is 4.79 Å². The topological polar surface area (TPSA) is 84.9 Å². The number of benzene rings is 2. The molecule has 0 aliphatic carbocycles. The number of amides is 1. The molecular weight excluding hydrogens is 334 g/mol. The van der Waals surface area contributed by atoms with Crippen molar-refractivity contribution in [1.82, 2.24) is 5.32 Å². The fourth-order valence-electron chi connectivity index (χ4n) is 1.88. The summed E-state index contributed by atoms with van der Waals surface area (Å²) in [6.45, 7) is -0.163. The molecule has 126 valence electrons. The fraction of sp³-hybridized carbons (Fsp3) is 0.176. The molecule has 0 saturated heterocycles. The lowest BCUT2D eigenvalue weighted by molar-refractivity contribution is -0.124. The quantitative estimate of drug-likeness (QED) is 0.783. The smallest absolute Gasteiger partial charge is 0.342 e. The Morgan fingerprint density at radius 2 is 1.88 bits per heavy atom. The van der Waals surface area contributed by atoms with Gasteiger partial charge in [-0.1, -0.05) is 23.7 Å². The van der Waals surface area contributed by atoms with E-state index in [0.29, 0.717) is 6.54 Å². The molecule has 0 atom stereocenters. The molecule has 7 heteroatoms. The van der Waals surface area contributed by atoms with Crippen LogP contribution in [0.1, 0.15) is 15.9 Å². The van der Waals surface area contributed by atoms with Crippen molar-refractivity contribution in [2.24, 2.45) is 0 Å². The van der Waals surface area contributed by atoms with E-state index < -0.39 is 18.5 Å². The van der Waals surface area contributed by atoms with Gasteiger partial charge in [-0.05, 0) is 35.9 Å². The summed E-state index contributed by atoms with van der Waals surface area (Å²) in [5.74, 6) is -0.821. The van der Waals surface area contributed by atoms with Crippen molar-refractivity contribution < 1.29 is 24.2 Å². The number of rotatable bonds is 6. The third kappa shape index (κ3) is 4.89. The zero-order valence-corrected chi connectivity index (χ0v) is 13.7. The standard InChI is InChI=1S/C17H16ClNO5/c1-23-13-5-2-11(3-6-13)9-19-16(21)10-24-17(22)14-8-12(18)4-7-15(14)20/h2-8,20H,9-10H2,1H3,(H,19,21). The second-order valence-corrected chi connectivity index (χ2v) is 5.30. The minimum atomic E-state index is -0.824. The summed E-state index contributed by atoms with van der Waals surface area (Å²) in [6, 6.07) is 11.2. The van der Waals surface area contributed by atoms with Crippen LogP contribution in [0, 0.1) is 0 Å². The first kappa shape index (κ1) is 17.6. The summed E-state index contributed by atoms with van der Waals surface area (Å²) in [7, 11) is 1.57. The van der Waals surface area contributed by atoms with Gasteiger partial charge in [-0.2, -0.15) is 0 Å². The lowest BCUT2D eigenvalue weighted by atomic mass is 10.2. The van der Waals surface area contributed by atoms with E-state index in [4.69, 9.17) is 21.1 Å². The van der Waals surface area contributed by atoms with Crippen LogP contribution >= 0.6 is 11.6 Å². The first-order valence-corrected chi connectivity index (χ1v) is 7.42. The van der Waals surface area contributed by atoms with Gasteiger partial charge in [0.15, 0.2) is 6.61 Å². The molecule has 6 nitrogen and oxygen atoms in total. The predicted octanol–water partition coefficient (Wildman–Crippen LogP) is 2.53.